The van der Waals surface area contributed by atoms with Gasteiger partial charge in [0.05, 0.1) is 49.1 Å². The summed E-state index contributed by atoms with van der Waals surface area (Å²) in [5.74, 6) is -1.25. The molecule has 0 saturated heterocycles. The second-order valence-corrected chi connectivity index (χ2v) is 5.21. The smallest absolute Gasteiger partial charge is 0.417 e. The molecule has 0 fully saturated rings. The van der Waals surface area contributed by atoms with E-state index >= 15 is 0 Å². The van der Waals surface area contributed by atoms with Crippen LogP contribution in [0.25, 0.3) is 0 Å². The maximum Gasteiger partial charge on any atom is 0.417 e. The largest absolute Gasteiger partial charge is 0.495 e. The number of benzene rings is 1. The average Bonchev–Trinajstić information content (AvgIpc) is 2.61. The summed E-state index contributed by atoms with van der Waals surface area (Å²) in [6, 6.07) is 0.562. The Bertz CT molecular complexity index is 854. The summed E-state index contributed by atoms with van der Waals surface area (Å²) >= 11 is 0. The van der Waals surface area contributed by atoms with Crippen molar-refractivity contribution in [2.75, 3.05) is 24.9 Å². The number of nitrogens with one attached hydrogen (secondary N) is 2. The van der Waals surface area contributed by atoms with Gasteiger partial charge in [-0.15, -0.1) is 0 Å². The van der Waals surface area contributed by atoms with E-state index in [2.05, 4.69) is 25.3 Å². The van der Waals surface area contributed by atoms with Gasteiger partial charge < -0.3 is 14.8 Å². The molecule has 1 aromatic carbocycles. The maximum atomic E-state index is 13.3. The topological polar surface area (TPSA) is 102 Å². The molecule has 27 heavy (non-hydrogen) atoms. The van der Waals surface area contributed by atoms with Crippen LogP contribution in [0.1, 0.15) is 21.6 Å². The first-order valence-electron chi connectivity index (χ1n) is 7.40. The third kappa shape index (κ3) is 4.84. The molecule has 0 radical (unpaired) electrons. The summed E-state index contributed by atoms with van der Waals surface area (Å²) in [7, 11) is 2.13. The number of carbonyl (C=O) groups is 2. The number of amides is 2. The monoisotopic (exact) mass is 384 g/mol. The van der Waals surface area contributed by atoms with Crippen molar-refractivity contribution in [1.82, 2.24) is 9.97 Å². The van der Waals surface area contributed by atoms with Gasteiger partial charge in [0.2, 0.25) is 0 Å². The number of hydrogen-bond acceptors (Lipinski definition) is 6. The number of rotatable bonds is 4. The van der Waals surface area contributed by atoms with E-state index in [0.29, 0.717) is 11.8 Å². The Morgan fingerprint density at radius 1 is 1.07 bits per heavy atom. The predicted molar refractivity (Wildman–Crippen MR) is 88.7 cm³/mol. The average molecular weight is 384 g/mol. The van der Waals surface area contributed by atoms with Gasteiger partial charge in [-0.2, -0.15) is 13.2 Å². The minimum absolute atomic E-state index is 0.0966. The molecule has 2 aromatic rings. The van der Waals surface area contributed by atoms with Crippen molar-refractivity contribution in [1.29, 1.82) is 0 Å². The lowest BCUT2D eigenvalue weighted by Gasteiger charge is -2.17. The van der Waals surface area contributed by atoms with Gasteiger partial charge in [-0.1, -0.05) is 0 Å². The van der Waals surface area contributed by atoms with Crippen LogP contribution in [-0.4, -0.2) is 36.2 Å². The minimum Gasteiger partial charge on any atom is -0.495 e. The zero-order valence-electron chi connectivity index (χ0n) is 14.5. The normalized spacial score (nSPS) is 10.9. The Balaban J connectivity index is 2.36. The van der Waals surface area contributed by atoms with Crippen LogP contribution in [0.15, 0.2) is 24.5 Å². The van der Waals surface area contributed by atoms with E-state index in [-0.39, 0.29) is 17.3 Å². The number of hydrogen-bond donors (Lipinski definition) is 2. The van der Waals surface area contributed by atoms with E-state index in [1.807, 2.05) is 0 Å². The van der Waals surface area contributed by atoms with Gasteiger partial charge in [0.25, 0.3) is 0 Å². The van der Waals surface area contributed by atoms with Gasteiger partial charge >= 0.3 is 18.2 Å². The Morgan fingerprint density at radius 2 is 1.78 bits per heavy atom. The molecule has 2 amide bonds. The zero-order chi connectivity index (χ0) is 20.2. The highest BCUT2D eigenvalue weighted by Crippen LogP contribution is 2.38. The summed E-state index contributed by atoms with van der Waals surface area (Å²) in [4.78, 5) is 31.5. The second-order valence-electron chi connectivity index (χ2n) is 5.21. The van der Waals surface area contributed by atoms with E-state index < -0.39 is 29.3 Å². The van der Waals surface area contributed by atoms with Crippen LogP contribution >= 0.6 is 0 Å². The number of nitrogens with zero attached hydrogens (tertiary/aromatic N) is 2. The molecule has 2 rings (SSSR count). The van der Waals surface area contributed by atoms with Crippen LogP contribution in [0.4, 0.5) is 29.5 Å². The number of urea groups is 1. The molecule has 0 atom stereocenters. The molecule has 0 aliphatic heterocycles. The molecule has 0 unspecified atom stereocenters. The Kier molecular flexibility index (Phi) is 5.83. The molecule has 1 heterocycles. The summed E-state index contributed by atoms with van der Waals surface area (Å²) in [6.07, 6.45) is -2.16. The summed E-state index contributed by atoms with van der Waals surface area (Å²) in [5.41, 5.74) is -1.69. The van der Waals surface area contributed by atoms with E-state index in [0.717, 1.165) is 13.2 Å². The summed E-state index contributed by atoms with van der Waals surface area (Å²) < 4.78 is 49.2. The number of carbonyl (C=O) groups excluding carboxylic acids is 2. The summed E-state index contributed by atoms with van der Waals surface area (Å²) in [6.45, 7) is 1.70. The molecule has 2 N–H and O–H groups in total. The maximum absolute atomic E-state index is 13.3. The first kappa shape index (κ1) is 19.9. The molecule has 11 heteroatoms. The highest BCUT2D eigenvalue weighted by molar-refractivity contribution is 6.01. The van der Waals surface area contributed by atoms with Gasteiger partial charge in [0, 0.05) is 0 Å². The highest BCUT2D eigenvalue weighted by Gasteiger charge is 2.37. The molecule has 8 nitrogen and oxygen atoms in total. The number of aromatic nitrogens is 2. The van der Waals surface area contributed by atoms with Crippen molar-refractivity contribution in [3.63, 3.8) is 0 Å². The SMILES string of the molecule is COC(=O)c1cc(OC)c(NC(=O)Nc2cnc(C)cn2)cc1C(F)(F)F. The third-order valence-corrected chi connectivity index (χ3v) is 3.32. The fourth-order valence-corrected chi connectivity index (χ4v) is 2.09. The molecule has 0 bridgehead atoms. The van der Waals surface area contributed by atoms with Crippen LogP contribution in [0.2, 0.25) is 0 Å². The van der Waals surface area contributed by atoms with Crippen LogP contribution in [0, 0.1) is 6.92 Å². The number of methoxy groups -OCH3 is 2. The van der Waals surface area contributed by atoms with E-state index in [4.69, 9.17) is 4.74 Å². The highest BCUT2D eigenvalue weighted by atomic mass is 19.4. The second kappa shape index (κ2) is 7.89. The van der Waals surface area contributed by atoms with Crippen LogP contribution in [-0.2, 0) is 10.9 Å². The van der Waals surface area contributed by atoms with Gasteiger partial charge in [0.15, 0.2) is 5.82 Å². The Labute approximate surface area is 151 Å². The Hall–Kier alpha value is -3.37. The fraction of sp³-hybridized carbons (Fsp3) is 0.250. The van der Waals surface area contributed by atoms with Crippen molar-refractivity contribution in [2.24, 2.45) is 0 Å². The summed E-state index contributed by atoms with van der Waals surface area (Å²) in [5, 5.41) is 4.55. The first-order chi connectivity index (χ1) is 12.7. The van der Waals surface area contributed by atoms with Crippen molar-refractivity contribution < 1.29 is 32.2 Å². The van der Waals surface area contributed by atoms with Crippen LogP contribution in [0.3, 0.4) is 0 Å². The van der Waals surface area contributed by atoms with E-state index in [9.17, 15) is 22.8 Å². The van der Waals surface area contributed by atoms with Gasteiger partial charge in [-0.05, 0) is 19.1 Å². The van der Waals surface area contributed by atoms with Crippen molar-refractivity contribution in [2.45, 2.75) is 13.1 Å². The lowest BCUT2D eigenvalue weighted by molar-refractivity contribution is -0.138. The first-order valence-corrected chi connectivity index (χ1v) is 7.40. The van der Waals surface area contributed by atoms with Crippen LogP contribution in [0.5, 0.6) is 5.75 Å². The number of anilines is 2. The number of halogens is 3. The molecule has 0 saturated carbocycles. The molecule has 0 aliphatic rings. The minimum atomic E-state index is -4.86. The lowest BCUT2D eigenvalue weighted by Crippen LogP contribution is -2.22. The van der Waals surface area contributed by atoms with Gasteiger partial charge in [-0.25, -0.2) is 14.6 Å². The number of aryl methyl sites for hydroxylation is 1. The standard InChI is InChI=1S/C16H15F3N4O4/c1-8-6-21-13(7-20-8)23-15(25)22-11-5-10(16(17,18)19)9(14(24)27-3)4-12(11)26-2/h4-7H,1-3H3,(H2,21,22,23,25). The fourth-order valence-electron chi connectivity index (χ4n) is 2.09. The quantitative estimate of drug-likeness (QED) is 0.785. The van der Waals surface area contributed by atoms with E-state index in [1.54, 1.807) is 6.92 Å². The Morgan fingerprint density at radius 3 is 2.30 bits per heavy atom. The van der Waals surface area contributed by atoms with Crippen molar-refractivity contribution >= 4 is 23.5 Å². The van der Waals surface area contributed by atoms with Gasteiger partial charge in [0.1, 0.15) is 5.75 Å². The van der Waals surface area contributed by atoms with Crippen molar-refractivity contribution in [3.8, 4) is 5.75 Å². The molecular weight excluding hydrogens is 369 g/mol. The molecule has 0 aliphatic carbocycles. The van der Waals surface area contributed by atoms with Crippen LogP contribution < -0.4 is 15.4 Å². The van der Waals surface area contributed by atoms with Gasteiger partial charge in [-0.3, -0.25) is 10.3 Å². The molecular formula is C16H15F3N4O4. The third-order valence-electron chi connectivity index (χ3n) is 3.32. The lowest BCUT2D eigenvalue weighted by atomic mass is 10.0. The number of alkyl halides is 3. The van der Waals surface area contributed by atoms with Crippen molar-refractivity contribution in [3.05, 3.63) is 41.3 Å². The predicted octanol–water partition coefficient (Wildman–Crippen LogP) is 3.24. The van der Waals surface area contributed by atoms with E-state index in [1.165, 1.54) is 19.5 Å². The molecule has 1 aromatic heterocycles. The number of ether oxygens (including phenoxy) is 2. The molecule has 0 spiro atoms. The molecule has 144 valence electrons. The number of esters is 1. The zero-order valence-corrected chi connectivity index (χ0v) is 14.5.